The standard InChI is InChI=1S/C16H15BrFNO2/c1-11-7-14(17)15(18)8-13(11)9-19-16(20)21-10-12-5-3-2-4-6-12/h2-8H,9-10H2,1H3,(H,19,20). The van der Waals surface area contributed by atoms with Gasteiger partial charge in [-0.1, -0.05) is 30.3 Å². The van der Waals surface area contributed by atoms with Gasteiger partial charge in [0.1, 0.15) is 12.4 Å². The van der Waals surface area contributed by atoms with Gasteiger partial charge in [-0.25, -0.2) is 9.18 Å². The number of halogens is 2. The topological polar surface area (TPSA) is 38.3 Å². The zero-order chi connectivity index (χ0) is 15.2. The molecule has 0 radical (unpaired) electrons. The van der Waals surface area contributed by atoms with Gasteiger partial charge in [0, 0.05) is 6.54 Å². The first-order valence-electron chi connectivity index (χ1n) is 6.45. The largest absolute Gasteiger partial charge is 0.445 e. The average Bonchev–Trinajstić information content (AvgIpc) is 2.48. The van der Waals surface area contributed by atoms with Crippen LogP contribution in [-0.4, -0.2) is 6.09 Å². The Kier molecular flexibility index (Phi) is 5.33. The molecule has 0 atom stereocenters. The Balaban J connectivity index is 1.85. The summed E-state index contributed by atoms with van der Waals surface area (Å²) in [7, 11) is 0. The molecule has 0 unspecified atom stereocenters. The molecule has 0 saturated carbocycles. The number of nitrogens with one attached hydrogen (secondary N) is 1. The van der Waals surface area contributed by atoms with E-state index in [-0.39, 0.29) is 19.0 Å². The SMILES string of the molecule is Cc1cc(Br)c(F)cc1CNC(=O)OCc1ccccc1. The van der Waals surface area contributed by atoms with Gasteiger partial charge in [0.05, 0.1) is 4.47 Å². The van der Waals surface area contributed by atoms with E-state index in [2.05, 4.69) is 21.2 Å². The second-order valence-corrected chi connectivity index (χ2v) is 5.46. The van der Waals surface area contributed by atoms with E-state index in [4.69, 9.17) is 4.74 Å². The van der Waals surface area contributed by atoms with Gasteiger partial charge >= 0.3 is 6.09 Å². The molecule has 110 valence electrons. The van der Waals surface area contributed by atoms with Crippen molar-refractivity contribution >= 4 is 22.0 Å². The summed E-state index contributed by atoms with van der Waals surface area (Å²) in [6, 6.07) is 12.5. The fraction of sp³-hybridized carbons (Fsp3) is 0.188. The molecule has 0 aliphatic carbocycles. The molecule has 0 bridgehead atoms. The molecule has 2 rings (SSSR count). The highest BCUT2D eigenvalue weighted by molar-refractivity contribution is 9.10. The zero-order valence-corrected chi connectivity index (χ0v) is 13.1. The lowest BCUT2D eigenvalue weighted by molar-refractivity contribution is 0.139. The molecular formula is C16H15BrFNO2. The fourth-order valence-corrected chi connectivity index (χ4v) is 2.28. The Morgan fingerprint density at radius 3 is 2.71 bits per heavy atom. The van der Waals surface area contributed by atoms with Crippen molar-refractivity contribution in [2.75, 3.05) is 0 Å². The maximum atomic E-state index is 13.5. The second-order valence-electron chi connectivity index (χ2n) is 4.61. The van der Waals surface area contributed by atoms with Crippen LogP contribution in [0, 0.1) is 12.7 Å². The molecule has 3 nitrogen and oxygen atoms in total. The molecule has 1 amide bonds. The number of carbonyl (C=O) groups excluding carboxylic acids is 1. The van der Waals surface area contributed by atoms with Crippen LogP contribution in [-0.2, 0) is 17.9 Å². The minimum absolute atomic E-state index is 0.209. The fourth-order valence-electron chi connectivity index (χ4n) is 1.82. The summed E-state index contributed by atoms with van der Waals surface area (Å²) in [6.45, 7) is 2.29. The molecule has 5 heteroatoms. The first-order valence-corrected chi connectivity index (χ1v) is 7.24. The summed E-state index contributed by atoms with van der Waals surface area (Å²) in [4.78, 5) is 11.6. The minimum atomic E-state index is -0.526. The van der Waals surface area contributed by atoms with Gasteiger partial charge in [0.15, 0.2) is 0 Å². The average molecular weight is 352 g/mol. The molecule has 1 N–H and O–H groups in total. The normalized spacial score (nSPS) is 10.2. The van der Waals surface area contributed by atoms with Crippen LogP contribution in [0.2, 0.25) is 0 Å². The maximum Gasteiger partial charge on any atom is 0.407 e. The van der Waals surface area contributed by atoms with Gasteiger partial charge in [-0.2, -0.15) is 0 Å². The van der Waals surface area contributed by atoms with Crippen LogP contribution in [0.1, 0.15) is 16.7 Å². The lowest BCUT2D eigenvalue weighted by atomic mass is 10.1. The number of hydrogen-bond acceptors (Lipinski definition) is 2. The predicted molar refractivity (Wildman–Crippen MR) is 82.3 cm³/mol. The molecule has 0 heterocycles. The molecule has 0 aliphatic heterocycles. The first kappa shape index (κ1) is 15.5. The summed E-state index contributed by atoms with van der Waals surface area (Å²) in [6.07, 6.45) is -0.526. The number of rotatable bonds is 4. The molecule has 21 heavy (non-hydrogen) atoms. The van der Waals surface area contributed by atoms with Crippen LogP contribution in [0.4, 0.5) is 9.18 Å². The van der Waals surface area contributed by atoms with E-state index in [1.54, 1.807) is 6.07 Å². The van der Waals surface area contributed by atoms with Gasteiger partial charge in [-0.05, 0) is 51.7 Å². The van der Waals surface area contributed by atoms with Crippen molar-refractivity contribution in [3.8, 4) is 0 Å². The van der Waals surface area contributed by atoms with Crippen LogP contribution >= 0.6 is 15.9 Å². The summed E-state index contributed by atoms with van der Waals surface area (Å²) >= 11 is 3.12. The molecule has 0 fully saturated rings. The molecular weight excluding hydrogens is 337 g/mol. The van der Waals surface area contributed by atoms with Gasteiger partial charge in [0.25, 0.3) is 0 Å². The number of ether oxygens (including phenoxy) is 1. The predicted octanol–water partition coefficient (Wildman–Crippen LogP) is 4.32. The summed E-state index contributed by atoms with van der Waals surface area (Å²) in [5.41, 5.74) is 2.53. The molecule has 0 saturated heterocycles. The Morgan fingerprint density at radius 2 is 2.00 bits per heavy atom. The highest BCUT2D eigenvalue weighted by Gasteiger charge is 2.08. The molecule has 0 aromatic heterocycles. The van der Waals surface area contributed by atoms with Gasteiger partial charge in [0.2, 0.25) is 0 Å². The number of carbonyl (C=O) groups is 1. The van der Waals surface area contributed by atoms with Gasteiger partial charge < -0.3 is 10.1 Å². The number of hydrogen-bond donors (Lipinski definition) is 1. The van der Waals surface area contributed by atoms with Crippen molar-refractivity contribution in [3.05, 3.63) is 69.4 Å². The number of benzene rings is 2. The summed E-state index contributed by atoms with van der Waals surface area (Å²) in [5.74, 6) is -0.352. The lowest BCUT2D eigenvalue weighted by Crippen LogP contribution is -2.24. The van der Waals surface area contributed by atoms with E-state index in [1.807, 2.05) is 37.3 Å². The van der Waals surface area contributed by atoms with Crippen LogP contribution in [0.25, 0.3) is 0 Å². The number of aryl methyl sites for hydroxylation is 1. The first-order chi connectivity index (χ1) is 10.1. The lowest BCUT2D eigenvalue weighted by Gasteiger charge is -2.10. The van der Waals surface area contributed by atoms with Gasteiger partial charge in [-0.15, -0.1) is 0 Å². The minimum Gasteiger partial charge on any atom is -0.445 e. The van der Waals surface area contributed by atoms with Crippen LogP contribution in [0.5, 0.6) is 0 Å². The highest BCUT2D eigenvalue weighted by atomic mass is 79.9. The van der Waals surface area contributed by atoms with Crippen molar-refractivity contribution < 1.29 is 13.9 Å². The Hall–Kier alpha value is -1.88. The van der Waals surface area contributed by atoms with Crippen LogP contribution < -0.4 is 5.32 Å². The quantitative estimate of drug-likeness (QED) is 0.890. The van der Waals surface area contributed by atoms with Crippen molar-refractivity contribution in [1.82, 2.24) is 5.32 Å². The van der Waals surface area contributed by atoms with E-state index in [0.29, 0.717) is 10.0 Å². The van der Waals surface area contributed by atoms with E-state index in [9.17, 15) is 9.18 Å². The van der Waals surface area contributed by atoms with E-state index >= 15 is 0 Å². The van der Waals surface area contributed by atoms with Crippen molar-refractivity contribution in [2.24, 2.45) is 0 Å². The summed E-state index contributed by atoms with van der Waals surface area (Å²) in [5, 5.41) is 2.61. The third-order valence-corrected chi connectivity index (χ3v) is 3.62. The molecule has 2 aromatic carbocycles. The molecule has 0 spiro atoms. The van der Waals surface area contributed by atoms with E-state index < -0.39 is 6.09 Å². The van der Waals surface area contributed by atoms with Crippen LogP contribution in [0.15, 0.2) is 46.9 Å². The highest BCUT2D eigenvalue weighted by Crippen LogP contribution is 2.20. The van der Waals surface area contributed by atoms with E-state index in [1.165, 1.54) is 6.07 Å². The Morgan fingerprint density at radius 1 is 1.29 bits per heavy atom. The van der Waals surface area contributed by atoms with E-state index in [0.717, 1.165) is 11.1 Å². The van der Waals surface area contributed by atoms with Crippen molar-refractivity contribution in [3.63, 3.8) is 0 Å². The maximum absolute atomic E-state index is 13.5. The summed E-state index contributed by atoms with van der Waals surface area (Å²) < 4.78 is 19.0. The Labute approximate surface area is 131 Å². The van der Waals surface area contributed by atoms with Crippen molar-refractivity contribution in [1.29, 1.82) is 0 Å². The molecule has 2 aromatic rings. The Bertz CT molecular complexity index is 632. The molecule has 0 aliphatic rings. The zero-order valence-electron chi connectivity index (χ0n) is 11.5. The third-order valence-electron chi connectivity index (χ3n) is 3.01. The second kappa shape index (κ2) is 7.22. The number of alkyl carbamates (subject to hydrolysis) is 1. The third kappa shape index (κ3) is 4.56. The van der Waals surface area contributed by atoms with Crippen LogP contribution in [0.3, 0.4) is 0 Å². The number of amides is 1. The van der Waals surface area contributed by atoms with Gasteiger partial charge in [-0.3, -0.25) is 0 Å². The van der Waals surface area contributed by atoms with Crippen molar-refractivity contribution in [2.45, 2.75) is 20.1 Å². The smallest absolute Gasteiger partial charge is 0.407 e. The monoisotopic (exact) mass is 351 g/mol.